The first-order chi connectivity index (χ1) is 16.7. The first-order valence-corrected chi connectivity index (χ1v) is 12.4. The summed E-state index contributed by atoms with van der Waals surface area (Å²) >= 11 is 0. The number of hydrogen-bond acceptors (Lipinski definition) is 5. The molecule has 2 aromatic carbocycles. The zero-order valence-electron chi connectivity index (χ0n) is 21.7. The third-order valence-electron chi connectivity index (χ3n) is 5.55. The molecule has 0 bridgehead atoms. The van der Waals surface area contributed by atoms with E-state index in [1.807, 2.05) is 81.7 Å². The molecule has 0 aliphatic rings. The van der Waals surface area contributed by atoms with Gasteiger partial charge in [0.15, 0.2) is 5.69 Å². The molecule has 0 unspecified atom stereocenters. The minimum atomic E-state index is -0.566. The van der Waals surface area contributed by atoms with E-state index in [-0.39, 0.29) is 11.9 Å². The van der Waals surface area contributed by atoms with Gasteiger partial charge >= 0.3 is 11.9 Å². The lowest BCUT2D eigenvalue weighted by Gasteiger charge is -2.20. The minimum Gasteiger partial charge on any atom is -0.461 e. The van der Waals surface area contributed by atoms with E-state index in [0.717, 1.165) is 41.1 Å². The SMILES string of the molecule is CCCc1nc(CC)c(C(=O)OCC)n1Cc1ccc(-c2ccccc2C(=O)OC(C)(C)C)cc1. The predicted molar refractivity (Wildman–Crippen MR) is 138 cm³/mol. The number of hydrogen-bond donors (Lipinski definition) is 0. The molecule has 0 atom stereocenters. The molecule has 0 aliphatic carbocycles. The number of imidazole rings is 1. The highest BCUT2D eigenvalue weighted by molar-refractivity contribution is 5.97. The second kappa shape index (κ2) is 11.3. The zero-order chi connectivity index (χ0) is 25.6. The molecule has 0 aliphatic heterocycles. The summed E-state index contributed by atoms with van der Waals surface area (Å²) in [5.41, 5.74) is 4.06. The van der Waals surface area contributed by atoms with Crippen LogP contribution in [0.2, 0.25) is 0 Å². The number of carbonyl (C=O) groups is 2. The highest BCUT2D eigenvalue weighted by Crippen LogP contribution is 2.27. The summed E-state index contributed by atoms with van der Waals surface area (Å²) in [7, 11) is 0. The van der Waals surface area contributed by atoms with Crippen LogP contribution >= 0.6 is 0 Å². The monoisotopic (exact) mass is 476 g/mol. The van der Waals surface area contributed by atoms with Gasteiger partial charge in [-0.25, -0.2) is 14.6 Å². The molecular weight excluding hydrogens is 440 g/mol. The lowest BCUT2D eigenvalue weighted by molar-refractivity contribution is 0.00702. The van der Waals surface area contributed by atoms with E-state index in [9.17, 15) is 9.59 Å². The van der Waals surface area contributed by atoms with Crippen molar-refractivity contribution in [2.75, 3.05) is 6.61 Å². The Kier molecular flexibility index (Phi) is 8.49. The minimum absolute atomic E-state index is 0.321. The van der Waals surface area contributed by atoms with Crippen LogP contribution in [0.5, 0.6) is 0 Å². The second-order valence-corrected chi connectivity index (χ2v) is 9.48. The molecule has 6 heteroatoms. The molecule has 6 nitrogen and oxygen atoms in total. The topological polar surface area (TPSA) is 70.4 Å². The average Bonchev–Trinajstić information content (AvgIpc) is 3.16. The number of carbonyl (C=O) groups excluding carboxylic acids is 2. The Morgan fingerprint density at radius 2 is 1.63 bits per heavy atom. The molecule has 0 N–H and O–H groups in total. The van der Waals surface area contributed by atoms with Gasteiger partial charge in [-0.3, -0.25) is 0 Å². The number of benzene rings is 2. The zero-order valence-corrected chi connectivity index (χ0v) is 21.7. The van der Waals surface area contributed by atoms with E-state index >= 15 is 0 Å². The molecule has 3 aromatic rings. The van der Waals surface area contributed by atoms with E-state index in [1.54, 1.807) is 6.07 Å². The van der Waals surface area contributed by atoms with Crippen molar-refractivity contribution in [2.45, 2.75) is 73.0 Å². The molecule has 1 aromatic heterocycles. The van der Waals surface area contributed by atoms with Crippen molar-refractivity contribution in [2.24, 2.45) is 0 Å². The number of esters is 2. The van der Waals surface area contributed by atoms with E-state index in [0.29, 0.717) is 30.8 Å². The largest absolute Gasteiger partial charge is 0.461 e. The molecule has 0 spiro atoms. The molecule has 3 rings (SSSR count). The Morgan fingerprint density at radius 1 is 0.943 bits per heavy atom. The van der Waals surface area contributed by atoms with E-state index in [1.165, 1.54) is 0 Å². The quantitative estimate of drug-likeness (QED) is 0.342. The van der Waals surface area contributed by atoms with E-state index in [2.05, 4.69) is 6.92 Å². The maximum atomic E-state index is 12.8. The fourth-order valence-electron chi connectivity index (χ4n) is 4.03. The normalized spacial score (nSPS) is 11.4. The van der Waals surface area contributed by atoms with Crippen molar-refractivity contribution >= 4 is 11.9 Å². The number of aromatic nitrogens is 2. The van der Waals surface area contributed by atoms with Crippen LogP contribution in [0.3, 0.4) is 0 Å². The molecule has 0 fully saturated rings. The van der Waals surface area contributed by atoms with Gasteiger partial charge in [0.1, 0.15) is 11.4 Å². The standard InChI is InChI=1S/C29H36N2O4/c1-7-12-25-30-24(8-2)26(28(33)34-9-3)31(25)19-20-15-17-21(18-16-20)22-13-10-11-14-23(22)27(32)35-29(4,5)6/h10-11,13-18H,7-9,12,19H2,1-6H3. The average molecular weight is 477 g/mol. The van der Waals surface area contributed by atoms with Crippen LogP contribution in [0.4, 0.5) is 0 Å². The van der Waals surface area contributed by atoms with Crippen LogP contribution in [0, 0.1) is 0 Å². The first-order valence-electron chi connectivity index (χ1n) is 12.4. The first kappa shape index (κ1) is 26.2. The van der Waals surface area contributed by atoms with Crippen molar-refractivity contribution in [1.29, 1.82) is 0 Å². The molecule has 0 amide bonds. The van der Waals surface area contributed by atoms with Crippen molar-refractivity contribution in [3.05, 3.63) is 76.9 Å². The lowest BCUT2D eigenvalue weighted by atomic mass is 9.98. The van der Waals surface area contributed by atoms with Crippen LogP contribution < -0.4 is 0 Å². The van der Waals surface area contributed by atoms with Crippen LogP contribution in [0.15, 0.2) is 48.5 Å². The molecular formula is C29H36N2O4. The van der Waals surface area contributed by atoms with Crippen LogP contribution in [-0.4, -0.2) is 33.7 Å². The second-order valence-electron chi connectivity index (χ2n) is 9.48. The summed E-state index contributed by atoms with van der Waals surface area (Å²) < 4.78 is 12.9. The molecule has 0 saturated heterocycles. The molecule has 0 saturated carbocycles. The van der Waals surface area contributed by atoms with Gasteiger partial charge in [-0.15, -0.1) is 0 Å². The van der Waals surface area contributed by atoms with Gasteiger partial charge in [0.2, 0.25) is 0 Å². The van der Waals surface area contributed by atoms with Crippen molar-refractivity contribution in [3.8, 4) is 11.1 Å². The Bertz CT molecular complexity index is 1170. The van der Waals surface area contributed by atoms with E-state index < -0.39 is 5.60 Å². The highest BCUT2D eigenvalue weighted by atomic mass is 16.6. The molecule has 35 heavy (non-hydrogen) atoms. The third-order valence-corrected chi connectivity index (χ3v) is 5.55. The predicted octanol–water partition coefficient (Wildman–Crippen LogP) is 6.25. The number of rotatable bonds is 9. The van der Waals surface area contributed by atoms with Gasteiger partial charge in [0.25, 0.3) is 0 Å². The van der Waals surface area contributed by atoms with Crippen LogP contribution in [-0.2, 0) is 28.9 Å². The Morgan fingerprint density at radius 3 is 2.23 bits per heavy atom. The smallest absolute Gasteiger partial charge is 0.356 e. The fraction of sp³-hybridized carbons (Fsp3) is 0.414. The summed E-state index contributed by atoms with van der Waals surface area (Å²) in [6.45, 7) is 12.3. The third kappa shape index (κ3) is 6.38. The highest BCUT2D eigenvalue weighted by Gasteiger charge is 2.23. The molecule has 1 heterocycles. The van der Waals surface area contributed by atoms with Gasteiger partial charge in [0, 0.05) is 13.0 Å². The maximum Gasteiger partial charge on any atom is 0.356 e. The Labute approximate surface area is 208 Å². The number of nitrogens with zero attached hydrogens (tertiary/aromatic N) is 2. The van der Waals surface area contributed by atoms with Gasteiger partial charge in [-0.1, -0.05) is 56.3 Å². The lowest BCUT2D eigenvalue weighted by Crippen LogP contribution is -2.24. The van der Waals surface area contributed by atoms with Gasteiger partial charge in [-0.05, 0) is 63.3 Å². The summed E-state index contributed by atoms with van der Waals surface area (Å²) in [6, 6.07) is 15.5. The number of ether oxygens (including phenoxy) is 2. The van der Waals surface area contributed by atoms with E-state index in [4.69, 9.17) is 14.5 Å². The summed E-state index contributed by atoms with van der Waals surface area (Å²) in [5.74, 6) is 0.222. The van der Waals surface area contributed by atoms with Crippen molar-refractivity contribution < 1.29 is 19.1 Å². The van der Waals surface area contributed by atoms with Gasteiger partial charge in [-0.2, -0.15) is 0 Å². The van der Waals surface area contributed by atoms with Crippen LogP contribution in [0.1, 0.15) is 85.9 Å². The summed E-state index contributed by atoms with van der Waals surface area (Å²) in [5, 5.41) is 0. The molecule has 0 radical (unpaired) electrons. The fourth-order valence-corrected chi connectivity index (χ4v) is 4.03. The van der Waals surface area contributed by atoms with Crippen LogP contribution in [0.25, 0.3) is 11.1 Å². The Hall–Kier alpha value is -3.41. The van der Waals surface area contributed by atoms with Gasteiger partial charge < -0.3 is 14.0 Å². The van der Waals surface area contributed by atoms with Gasteiger partial charge in [0.05, 0.1) is 17.9 Å². The number of aryl methyl sites for hydroxylation is 2. The Balaban J connectivity index is 1.94. The maximum absolute atomic E-state index is 12.8. The summed E-state index contributed by atoms with van der Waals surface area (Å²) in [4.78, 5) is 30.3. The summed E-state index contributed by atoms with van der Waals surface area (Å²) in [6.07, 6.45) is 2.38. The van der Waals surface area contributed by atoms with Crippen molar-refractivity contribution in [3.63, 3.8) is 0 Å². The molecule has 186 valence electrons. The van der Waals surface area contributed by atoms with Crippen molar-refractivity contribution in [1.82, 2.24) is 9.55 Å².